The molecular weight excluding hydrogens is 204 g/mol. The zero-order valence-corrected chi connectivity index (χ0v) is 9.82. The van der Waals surface area contributed by atoms with E-state index in [9.17, 15) is 0 Å². The SMILES string of the molecule is CCOCCCOc1ccc(CCN)nc1. The van der Waals surface area contributed by atoms with Gasteiger partial charge in [0.15, 0.2) is 0 Å². The van der Waals surface area contributed by atoms with E-state index < -0.39 is 0 Å². The Morgan fingerprint density at radius 2 is 2.19 bits per heavy atom. The van der Waals surface area contributed by atoms with Gasteiger partial charge in [0, 0.05) is 31.7 Å². The van der Waals surface area contributed by atoms with Crippen LogP contribution in [0.1, 0.15) is 19.0 Å². The van der Waals surface area contributed by atoms with E-state index in [-0.39, 0.29) is 0 Å². The fraction of sp³-hybridized carbons (Fsp3) is 0.583. The van der Waals surface area contributed by atoms with Crippen molar-refractivity contribution in [1.82, 2.24) is 4.98 Å². The van der Waals surface area contributed by atoms with Crippen molar-refractivity contribution >= 4 is 0 Å². The van der Waals surface area contributed by atoms with Gasteiger partial charge in [-0.2, -0.15) is 0 Å². The monoisotopic (exact) mass is 224 g/mol. The normalized spacial score (nSPS) is 10.4. The van der Waals surface area contributed by atoms with Crippen LogP contribution in [0.4, 0.5) is 0 Å². The van der Waals surface area contributed by atoms with Crippen LogP contribution in [-0.2, 0) is 11.2 Å². The summed E-state index contributed by atoms with van der Waals surface area (Å²) in [4.78, 5) is 4.25. The zero-order chi connectivity index (χ0) is 11.6. The van der Waals surface area contributed by atoms with Gasteiger partial charge in [0.2, 0.25) is 0 Å². The van der Waals surface area contributed by atoms with Crippen LogP contribution in [0.15, 0.2) is 18.3 Å². The summed E-state index contributed by atoms with van der Waals surface area (Å²) >= 11 is 0. The smallest absolute Gasteiger partial charge is 0.137 e. The van der Waals surface area contributed by atoms with Crippen molar-refractivity contribution in [3.63, 3.8) is 0 Å². The Bertz CT molecular complexity index is 275. The summed E-state index contributed by atoms with van der Waals surface area (Å²) in [5.74, 6) is 0.803. The number of nitrogens with two attached hydrogens (primary N) is 1. The molecule has 0 aliphatic carbocycles. The van der Waals surface area contributed by atoms with Crippen molar-refractivity contribution in [3.05, 3.63) is 24.0 Å². The molecule has 0 saturated heterocycles. The molecule has 0 atom stereocenters. The van der Waals surface area contributed by atoms with E-state index in [0.29, 0.717) is 13.2 Å². The molecule has 0 aromatic carbocycles. The lowest BCUT2D eigenvalue weighted by Gasteiger charge is -2.06. The maximum absolute atomic E-state index is 5.51. The van der Waals surface area contributed by atoms with Crippen LogP contribution in [0.3, 0.4) is 0 Å². The molecule has 1 heterocycles. The Kier molecular flexibility index (Phi) is 6.53. The highest BCUT2D eigenvalue weighted by atomic mass is 16.5. The molecule has 0 aliphatic heterocycles. The van der Waals surface area contributed by atoms with Gasteiger partial charge >= 0.3 is 0 Å². The fourth-order valence-corrected chi connectivity index (χ4v) is 1.29. The second-order valence-corrected chi connectivity index (χ2v) is 3.42. The lowest BCUT2D eigenvalue weighted by atomic mass is 10.3. The highest BCUT2D eigenvalue weighted by Gasteiger charge is 1.96. The van der Waals surface area contributed by atoms with Crippen LogP contribution in [0.5, 0.6) is 5.75 Å². The number of ether oxygens (including phenoxy) is 2. The van der Waals surface area contributed by atoms with E-state index in [2.05, 4.69) is 4.98 Å². The molecule has 1 aromatic rings. The predicted molar refractivity (Wildman–Crippen MR) is 63.6 cm³/mol. The third kappa shape index (κ3) is 5.09. The molecule has 0 aliphatic rings. The van der Waals surface area contributed by atoms with Crippen LogP contribution >= 0.6 is 0 Å². The molecule has 0 fully saturated rings. The highest BCUT2D eigenvalue weighted by molar-refractivity contribution is 5.19. The van der Waals surface area contributed by atoms with E-state index in [1.807, 2.05) is 19.1 Å². The number of hydrogen-bond acceptors (Lipinski definition) is 4. The topological polar surface area (TPSA) is 57.4 Å². The van der Waals surface area contributed by atoms with E-state index in [1.165, 1.54) is 0 Å². The lowest BCUT2D eigenvalue weighted by Crippen LogP contribution is -2.05. The van der Waals surface area contributed by atoms with Crippen LogP contribution in [0.2, 0.25) is 0 Å². The van der Waals surface area contributed by atoms with Gasteiger partial charge in [0.05, 0.1) is 12.8 Å². The van der Waals surface area contributed by atoms with Gasteiger partial charge in [0.25, 0.3) is 0 Å². The third-order valence-corrected chi connectivity index (χ3v) is 2.10. The molecule has 0 spiro atoms. The van der Waals surface area contributed by atoms with E-state index in [4.69, 9.17) is 15.2 Å². The highest BCUT2D eigenvalue weighted by Crippen LogP contribution is 2.09. The molecule has 4 nitrogen and oxygen atoms in total. The van der Waals surface area contributed by atoms with Crippen LogP contribution in [0.25, 0.3) is 0 Å². The average Bonchev–Trinajstić information content (AvgIpc) is 2.31. The molecule has 0 amide bonds. The summed E-state index contributed by atoms with van der Waals surface area (Å²) in [6.07, 6.45) is 3.45. The van der Waals surface area contributed by atoms with Crippen molar-refractivity contribution in [1.29, 1.82) is 0 Å². The maximum Gasteiger partial charge on any atom is 0.137 e. The van der Waals surface area contributed by atoms with Gasteiger partial charge in [-0.25, -0.2) is 0 Å². The van der Waals surface area contributed by atoms with Gasteiger partial charge < -0.3 is 15.2 Å². The van der Waals surface area contributed by atoms with E-state index in [0.717, 1.165) is 37.5 Å². The van der Waals surface area contributed by atoms with Crippen LogP contribution < -0.4 is 10.5 Å². The first-order valence-electron chi connectivity index (χ1n) is 5.72. The molecule has 4 heteroatoms. The van der Waals surface area contributed by atoms with Crippen molar-refractivity contribution in [3.8, 4) is 5.75 Å². The molecule has 2 N–H and O–H groups in total. The number of pyridine rings is 1. The van der Waals surface area contributed by atoms with E-state index in [1.54, 1.807) is 6.20 Å². The molecule has 1 rings (SSSR count). The van der Waals surface area contributed by atoms with Crippen molar-refractivity contribution < 1.29 is 9.47 Å². The number of rotatable bonds is 8. The van der Waals surface area contributed by atoms with Crippen molar-refractivity contribution in [2.75, 3.05) is 26.4 Å². The Labute approximate surface area is 96.8 Å². The second kappa shape index (κ2) is 8.07. The standard InChI is InChI=1S/C12H20N2O2/c1-2-15-8-3-9-16-12-5-4-11(6-7-13)14-10-12/h4-5,10H,2-3,6-9,13H2,1H3. The predicted octanol–water partition coefficient (Wildman–Crippen LogP) is 1.39. The minimum Gasteiger partial charge on any atom is -0.492 e. The third-order valence-electron chi connectivity index (χ3n) is 2.10. The summed E-state index contributed by atoms with van der Waals surface area (Å²) in [7, 11) is 0. The first kappa shape index (κ1) is 12.9. The largest absolute Gasteiger partial charge is 0.492 e. The van der Waals surface area contributed by atoms with Gasteiger partial charge in [0.1, 0.15) is 5.75 Å². The van der Waals surface area contributed by atoms with Crippen LogP contribution in [-0.4, -0.2) is 31.3 Å². The average molecular weight is 224 g/mol. The molecule has 0 saturated carbocycles. The molecule has 0 bridgehead atoms. The summed E-state index contributed by atoms with van der Waals surface area (Å²) in [6, 6.07) is 3.88. The molecule has 1 aromatic heterocycles. The Morgan fingerprint density at radius 1 is 1.31 bits per heavy atom. The summed E-state index contributed by atoms with van der Waals surface area (Å²) in [5.41, 5.74) is 6.44. The fourth-order valence-electron chi connectivity index (χ4n) is 1.29. The first-order valence-corrected chi connectivity index (χ1v) is 5.72. The minimum atomic E-state index is 0.627. The minimum absolute atomic E-state index is 0.627. The van der Waals surface area contributed by atoms with Crippen LogP contribution in [0, 0.1) is 0 Å². The molecule has 90 valence electrons. The lowest BCUT2D eigenvalue weighted by molar-refractivity contribution is 0.131. The number of hydrogen-bond donors (Lipinski definition) is 1. The first-order chi connectivity index (χ1) is 7.86. The Hall–Kier alpha value is -1.13. The maximum atomic E-state index is 5.51. The Balaban J connectivity index is 2.21. The van der Waals surface area contributed by atoms with Gasteiger partial charge in [-0.3, -0.25) is 4.98 Å². The number of aromatic nitrogens is 1. The van der Waals surface area contributed by atoms with E-state index >= 15 is 0 Å². The summed E-state index contributed by atoms with van der Waals surface area (Å²) in [5, 5.41) is 0. The van der Waals surface area contributed by atoms with Gasteiger partial charge in [-0.1, -0.05) is 0 Å². The molecule has 0 radical (unpaired) electrons. The molecule has 0 unspecified atom stereocenters. The summed E-state index contributed by atoms with van der Waals surface area (Å²) < 4.78 is 10.7. The van der Waals surface area contributed by atoms with Gasteiger partial charge in [-0.05, 0) is 25.6 Å². The van der Waals surface area contributed by atoms with Gasteiger partial charge in [-0.15, -0.1) is 0 Å². The quantitative estimate of drug-likeness (QED) is 0.678. The van der Waals surface area contributed by atoms with Crippen molar-refractivity contribution in [2.24, 2.45) is 5.73 Å². The number of nitrogens with zero attached hydrogens (tertiary/aromatic N) is 1. The molecule has 16 heavy (non-hydrogen) atoms. The second-order valence-electron chi connectivity index (χ2n) is 3.42. The molecular formula is C12H20N2O2. The summed E-state index contributed by atoms with van der Waals surface area (Å²) in [6.45, 7) is 4.78. The van der Waals surface area contributed by atoms with Crippen molar-refractivity contribution in [2.45, 2.75) is 19.8 Å². The zero-order valence-electron chi connectivity index (χ0n) is 9.82. The Morgan fingerprint density at radius 3 is 2.81 bits per heavy atom.